The van der Waals surface area contributed by atoms with Crippen LogP contribution in [-0.4, -0.2) is 58.5 Å². The molecule has 3 aromatic rings. The number of pyridine rings is 1. The zero-order chi connectivity index (χ0) is 25.4. The van der Waals surface area contributed by atoms with Gasteiger partial charge in [-0.15, -0.1) is 0 Å². The van der Waals surface area contributed by atoms with Crippen molar-refractivity contribution < 1.29 is 19.0 Å². The molecule has 0 aliphatic carbocycles. The molecular weight excluding hydrogens is 488 g/mol. The standard InChI is InChI=1S/C24H27ClN6O5/c1-4-16-11-36-24(33)31(16)23-28-13(3)27-22(30-23)26-12(2)17-5-15-6-18(25)20(7-19(15)29-21(17)32)35-10-14-8-34-9-14/h5-7,12,14,16H,4,8-11H2,1-3H3,(H,29,32)(H,26,27,28,30)/t12-,16-/m0/s1. The van der Waals surface area contributed by atoms with Gasteiger partial charge in [-0.3, -0.25) is 4.79 Å². The molecule has 0 spiro atoms. The van der Waals surface area contributed by atoms with Crippen molar-refractivity contribution in [2.45, 2.75) is 39.3 Å². The number of amides is 1. The molecule has 2 fully saturated rings. The van der Waals surface area contributed by atoms with Crippen LogP contribution in [0.15, 0.2) is 23.0 Å². The van der Waals surface area contributed by atoms with Gasteiger partial charge in [0, 0.05) is 22.9 Å². The van der Waals surface area contributed by atoms with Gasteiger partial charge in [0.2, 0.25) is 11.9 Å². The van der Waals surface area contributed by atoms with Gasteiger partial charge in [-0.25, -0.2) is 9.69 Å². The summed E-state index contributed by atoms with van der Waals surface area (Å²) in [6.45, 7) is 7.66. The molecule has 2 aromatic heterocycles. The maximum atomic E-state index is 12.9. The minimum absolute atomic E-state index is 0.145. The van der Waals surface area contributed by atoms with Gasteiger partial charge in [0.15, 0.2) is 0 Å². The predicted molar refractivity (Wildman–Crippen MR) is 134 cm³/mol. The Morgan fingerprint density at radius 3 is 2.75 bits per heavy atom. The summed E-state index contributed by atoms with van der Waals surface area (Å²) in [4.78, 5) is 42.6. The number of rotatable bonds is 8. The summed E-state index contributed by atoms with van der Waals surface area (Å²) in [6.07, 6.45) is 0.213. The van der Waals surface area contributed by atoms with Crippen LogP contribution in [-0.2, 0) is 9.47 Å². The molecule has 1 amide bonds. The smallest absolute Gasteiger partial charge is 0.417 e. The first-order valence-corrected chi connectivity index (χ1v) is 12.2. The van der Waals surface area contributed by atoms with Gasteiger partial charge in [0.05, 0.1) is 42.4 Å². The van der Waals surface area contributed by atoms with Crippen molar-refractivity contribution >= 4 is 40.5 Å². The van der Waals surface area contributed by atoms with Crippen molar-refractivity contribution in [1.82, 2.24) is 19.9 Å². The van der Waals surface area contributed by atoms with E-state index >= 15 is 0 Å². The Bertz CT molecular complexity index is 1360. The highest BCUT2D eigenvalue weighted by Gasteiger charge is 2.35. The largest absolute Gasteiger partial charge is 0.491 e. The first-order chi connectivity index (χ1) is 17.3. The zero-order valence-corrected chi connectivity index (χ0v) is 21.0. The topological polar surface area (TPSA) is 132 Å². The van der Waals surface area contributed by atoms with E-state index in [9.17, 15) is 9.59 Å². The third kappa shape index (κ3) is 4.80. The molecule has 2 N–H and O–H groups in total. The van der Waals surface area contributed by atoms with Crippen LogP contribution in [0.3, 0.4) is 0 Å². The SMILES string of the molecule is CC[C@H]1COC(=O)N1c1nc(C)nc(N[C@@H](C)c2cc3cc(Cl)c(OCC4COC4)cc3[nH]c2=O)n1. The number of ether oxygens (including phenoxy) is 3. The number of nitrogens with zero attached hydrogens (tertiary/aromatic N) is 4. The lowest BCUT2D eigenvalue weighted by molar-refractivity contribution is -0.0508. The van der Waals surface area contributed by atoms with E-state index in [1.807, 2.05) is 13.8 Å². The lowest BCUT2D eigenvalue weighted by Crippen LogP contribution is -2.35. The molecule has 0 radical (unpaired) electrons. The van der Waals surface area contributed by atoms with E-state index in [1.165, 1.54) is 4.90 Å². The average molecular weight is 515 g/mol. The number of H-pyrrole nitrogens is 1. The fraction of sp³-hybridized carbons (Fsp3) is 0.458. The highest BCUT2D eigenvalue weighted by atomic mass is 35.5. The lowest BCUT2D eigenvalue weighted by Gasteiger charge is -2.26. The zero-order valence-electron chi connectivity index (χ0n) is 20.2. The second-order valence-corrected chi connectivity index (χ2v) is 9.43. The molecule has 190 valence electrons. The molecule has 0 saturated carbocycles. The second kappa shape index (κ2) is 9.90. The third-order valence-corrected chi connectivity index (χ3v) is 6.60. The number of aryl methyl sites for hydroxylation is 1. The summed E-state index contributed by atoms with van der Waals surface area (Å²) in [5, 5.41) is 4.38. The number of aromatic amines is 1. The summed E-state index contributed by atoms with van der Waals surface area (Å²) in [5.41, 5.74) is 0.838. The number of anilines is 2. The van der Waals surface area contributed by atoms with Crippen LogP contribution in [0.5, 0.6) is 5.75 Å². The Morgan fingerprint density at radius 2 is 2.03 bits per heavy atom. The number of nitrogens with one attached hydrogen (secondary N) is 2. The fourth-order valence-corrected chi connectivity index (χ4v) is 4.39. The molecule has 2 aliphatic heterocycles. The quantitative estimate of drug-likeness (QED) is 0.462. The van der Waals surface area contributed by atoms with E-state index in [0.29, 0.717) is 59.8 Å². The molecule has 2 atom stereocenters. The van der Waals surface area contributed by atoms with E-state index in [2.05, 4.69) is 25.3 Å². The molecule has 0 bridgehead atoms. The second-order valence-electron chi connectivity index (χ2n) is 9.02. The minimum atomic E-state index is -0.487. The van der Waals surface area contributed by atoms with Crippen molar-refractivity contribution in [2.24, 2.45) is 5.92 Å². The van der Waals surface area contributed by atoms with Crippen LogP contribution < -0.4 is 20.5 Å². The Hall–Kier alpha value is -3.44. The van der Waals surface area contributed by atoms with E-state index in [4.69, 9.17) is 25.8 Å². The van der Waals surface area contributed by atoms with Crippen molar-refractivity contribution in [3.05, 3.63) is 45.0 Å². The number of fused-ring (bicyclic) bond motifs is 1. The van der Waals surface area contributed by atoms with Gasteiger partial charge >= 0.3 is 6.09 Å². The van der Waals surface area contributed by atoms with Crippen LogP contribution in [0, 0.1) is 12.8 Å². The number of hydrogen-bond acceptors (Lipinski definition) is 9. The van der Waals surface area contributed by atoms with Gasteiger partial charge < -0.3 is 24.5 Å². The Morgan fingerprint density at radius 1 is 1.22 bits per heavy atom. The lowest BCUT2D eigenvalue weighted by atomic mass is 10.1. The van der Waals surface area contributed by atoms with Crippen LogP contribution >= 0.6 is 11.6 Å². The summed E-state index contributed by atoms with van der Waals surface area (Å²) in [5.74, 6) is 1.77. The van der Waals surface area contributed by atoms with Gasteiger partial charge in [-0.1, -0.05) is 18.5 Å². The number of hydrogen-bond donors (Lipinski definition) is 2. The third-order valence-electron chi connectivity index (χ3n) is 6.30. The van der Waals surface area contributed by atoms with Crippen LogP contribution in [0.25, 0.3) is 10.9 Å². The first-order valence-electron chi connectivity index (χ1n) is 11.8. The number of cyclic esters (lactones) is 1. The summed E-state index contributed by atoms with van der Waals surface area (Å²) in [7, 11) is 0. The molecule has 2 saturated heterocycles. The molecule has 11 nitrogen and oxygen atoms in total. The number of carbonyl (C=O) groups excluding carboxylic acids is 1. The van der Waals surface area contributed by atoms with Crippen molar-refractivity contribution in [3.63, 3.8) is 0 Å². The van der Waals surface area contributed by atoms with Crippen molar-refractivity contribution in [1.29, 1.82) is 0 Å². The minimum Gasteiger partial charge on any atom is -0.491 e. The Balaban J connectivity index is 1.38. The predicted octanol–water partition coefficient (Wildman–Crippen LogP) is 3.61. The van der Waals surface area contributed by atoms with Gasteiger partial charge in [-0.05, 0) is 32.4 Å². The Kier molecular flexibility index (Phi) is 6.67. The van der Waals surface area contributed by atoms with E-state index < -0.39 is 12.1 Å². The van der Waals surface area contributed by atoms with Crippen LogP contribution in [0.4, 0.5) is 16.7 Å². The number of aromatic nitrogens is 4. The highest BCUT2D eigenvalue weighted by molar-refractivity contribution is 6.32. The van der Waals surface area contributed by atoms with Gasteiger partial charge in [-0.2, -0.15) is 15.0 Å². The number of carbonyl (C=O) groups is 1. The van der Waals surface area contributed by atoms with Crippen LogP contribution in [0.1, 0.15) is 37.7 Å². The van der Waals surface area contributed by atoms with E-state index in [1.54, 1.807) is 25.1 Å². The first kappa shape index (κ1) is 24.3. The Labute approximate surface area is 212 Å². The maximum absolute atomic E-state index is 12.9. The molecule has 2 aliphatic rings. The normalized spacial score (nSPS) is 18.7. The fourth-order valence-electron chi connectivity index (χ4n) is 4.16. The molecular formula is C24H27ClN6O5. The molecule has 5 rings (SSSR count). The number of halogens is 1. The van der Waals surface area contributed by atoms with Crippen LogP contribution in [0.2, 0.25) is 5.02 Å². The van der Waals surface area contributed by atoms with Crippen molar-refractivity contribution in [2.75, 3.05) is 36.6 Å². The van der Waals surface area contributed by atoms with E-state index in [0.717, 1.165) is 5.39 Å². The molecule has 12 heteroatoms. The summed E-state index contributed by atoms with van der Waals surface area (Å²) < 4.78 is 16.2. The maximum Gasteiger partial charge on any atom is 0.417 e. The van der Waals surface area contributed by atoms with Gasteiger partial charge in [0.25, 0.3) is 5.56 Å². The summed E-state index contributed by atoms with van der Waals surface area (Å²) >= 11 is 6.45. The van der Waals surface area contributed by atoms with Crippen molar-refractivity contribution in [3.8, 4) is 5.75 Å². The van der Waals surface area contributed by atoms with E-state index in [-0.39, 0.29) is 30.1 Å². The molecule has 4 heterocycles. The number of benzene rings is 1. The van der Waals surface area contributed by atoms with Gasteiger partial charge in [0.1, 0.15) is 18.2 Å². The average Bonchev–Trinajstić information content (AvgIpc) is 3.18. The molecule has 36 heavy (non-hydrogen) atoms. The molecule has 0 unspecified atom stereocenters. The molecule has 1 aromatic carbocycles. The monoisotopic (exact) mass is 514 g/mol. The highest BCUT2D eigenvalue weighted by Crippen LogP contribution is 2.31. The summed E-state index contributed by atoms with van der Waals surface area (Å²) in [6, 6.07) is 4.69.